The number of hydrogen-bond acceptors (Lipinski definition) is 6. The van der Waals surface area contributed by atoms with Crippen molar-refractivity contribution in [3.8, 4) is 5.75 Å². The van der Waals surface area contributed by atoms with Crippen LogP contribution in [-0.4, -0.2) is 61.7 Å². The summed E-state index contributed by atoms with van der Waals surface area (Å²) in [5.41, 5.74) is 0.215. The Balaban J connectivity index is 1.42. The first-order chi connectivity index (χ1) is 20.6. The molecule has 2 amide bonds. The molecule has 0 bridgehead atoms. The first-order valence-corrected chi connectivity index (χ1v) is 16.0. The van der Waals surface area contributed by atoms with Crippen molar-refractivity contribution < 1.29 is 31.5 Å². The maximum Gasteiger partial charge on any atom is 0.259 e. The number of carbonyl (C=O) groups is 2. The number of fused-ring (bicyclic) bond motifs is 1. The first kappa shape index (κ1) is 29.1. The van der Waals surface area contributed by atoms with Crippen molar-refractivity contribution >= 4 is 27.5 Å². The van der Waals surface area contributed by atoms with E-state index in [1.807, 2.05) is 65.6 Å². The Labute approximate surface area is 249 Å². The van der Waals surface area contributed by atoms with Gasteiger partial charge in [-0.25, -0.2) is 17.2 Å². The molecule has 3 aliphatic rings. The third kappa shape index (κ3) is 5.58. The van der Waals surface area contributed by atoms with E-state index >= 15 is 0 Å². The van der Waals surface area contributed by atoms with E-state index in [0.717, 1.165) is 23.3 Å². The minimum absolute atomic E-state index is 0.0564. The zero-order valence-corrected chi connectivity index (χ0v) is 24.5. The van der Waals surface area contributed by atoms with Crippen LogP contribution in [0.15, 0.2) is 72.8 Å². The summed E-state index contributed by atoms with van der Waals surface area (Å²) in [6.45, 7) is 2.33. The van der Waals surface area contributed by atoms with Crippen molar-refractivity contribution in [2.75, 3.05) is 24.6 Å². The number of amides is 2. The molecule has 2 atom stereocenters. The van der Waals surface area contributed by atoms with Crippen molar-refractivity contribution in [1.29, 1.82) is 0 Å². The van der Waals surface area contributed by atoms with Gasteiger partial charge in [0.15, 0.2) is 11.6 Å². The van der Waals surface area contributed by atoms with Crippen LogP contribution in [-0.2, 0) is 19.6 Å². The molecule has 0 aromatic heterocycles. The summed E-state index contributed by atoms with van der Waals surface area (Å²) in [5.74, 6) is -3.81. The van der Waals surface area contributed by atoms with E-state index < -0.39 is 50.3 Å². The molecule has 1 saturated heterocycles. The molecule has 1 N–H and O–H groups in total. The van der Waals surface area contributed by atoms with Gasteiger partial charge in [0.2, 0.25) is 15.9 Å². The van der Waals surface area contributed by atoms with Gasteiger partial charge in [0, 0.05) is 37.7 Å². The predicted octanol–water partition coefficient (Wildman–Crippen LogP) is 4.35. The zero-order chi connectivity index (χ0) is 30.4. The average molecular weight is 610 g/mol. The van der Waals surface area contributed by atoms with Crippen LogP contribution in [0.1, 0.15) is 49.7 Å². The molecule has 1 aliphatic carbocycles. The normalized spacial score (nSPS) is 22.1. The predicted molar refractivity (Wildman–Crippen MR) is 157 cm³/mol. The second-order valence-corrected chi connectivity index (χ2v) is 13.6. The van der Waals surface area contributed by atoms with Crippen LogP contribution in [0.3, 0.4) is 0 Å². The van der Waals surface area contributed by atoms with Crippen LogP contribution < -0.4 is 14.4 Å². The molecule has 0 spiro atoms. The molecule has 2 heterocycles. The molecule has 6 rings (SSSR count). The summed E-state index contributed by atoms with van der Waals surface area (Å²) in [5, 5.41) is -0.629. The highest BCUT2D eigenvalue weighted by Crippen LogP contribution is 2.42. The highest BCUT2D eigenvalue weighted by atomic mass is 32.2. The standard InChI is InChI=1S/C32H33F2N3O5S/c1-32(31(39)35-43(40,41)24-13-14-24)19-23(36-15-8-16-42-28-18-26(34)25(33)17-27(28)36)20-37(32)30(38)29(21-9-4-2-5-10-21)22-11-6-3-7-12-22/h2-7,9-12,17-18,23-24,29H,8,13-16,19-20H2,1H3,(H,35,39)/t23-,32-/m0/s1. The molecular weight excluding hydrogens is 576 g/mol. The first-order valence-electron chi connectivity index (χ1n) is 14.4. The lowest BCUT2D eigenvalue weighted by Crippen LogP contribution is -2.57. The van der Waals surface area contributed by atoms with Crippen LogP contribution >= 0.6 is 0 Å². The van der Waals surface area contributed by atoms with Gasteiger partial charge in [0.05, 0.1) is 23.5 Å². The van der Waals surface area contributed by atoms with E-state index in [9.17, 15) is 26.8 Å². The number of hydrogen-bond donors (Lipinski definition) is 1. The summed E-state index contributed by atoms with van der Waals surface area (Å²) in [4.78, 5) is 31.9. The van der Waals surface area contributed by atoms with Gasteiger partial charge in [-0.3, -0.25) is 14.3 Å². The second-order valence-electron chi connectivity index (χ2n) is 11.6. The summed E-state index contributed by atoms with van der Waals surface area (Å²) < 4.78 is 62.4. The van der Waals surface area contributed by atoms with Gasteiger partial charge in [-0.2, -0.15) is 0 Å². The van der Waals surface area contributed by atoms with E-state index in [1.54, 1.807) is 6.92 Å². The number of carbonyl (C=O) groups excluding carboxylic acids is 2. The Hall–Kier alpha value is -3.99. The monoisotopic (exact) mass is 609 g/mol. The number of nitrogens with zero attached hydrogens (tertiary/aromatic N) is 2. The average Bonchev–Trinajstić information content (AvgIpc) is 3.81. The third-order valence-corrected chi connectivity index (χ3v) is 10.5. The number of ether oxygens (including phenoxy) is 1. The molecule has 0 radical (unpaired) electrons. The number of benzene rings is 3. The van der Waals surface area contributed by atoms with E-state index in [2.05, 4.69) is 4.72 Å². The van der Waals surface area contributed by atoms with Crippen molar-refractivity contribution in [2.45, 2.75) is 55.4 Å². The topological polar surface area (TPSA) is 96.0 Å². The molecular formula is C32H33F2N3O5S. The quantitative estimate of drug-likeness (QED) is 0.428. The summed E-state index contributed by atoms with van der Waals surface area (Å²) in [7, 11) is -3.91. The van der Waals surface area contributed by atoms with Crippen molar-refractivity contribution in [3.63, 3.8) is 0 Å². The fourth-order valence-corrected chi connectivity index (χ4v) is 7.60. The van der Waals surface area contributed by atoms with E-state index in [4.69, 9.17) is 4.74 Å². The highest BCUT2D eigenvalue weighted by Gasteiger charge is 2.54. The molecule has 3 aromatic carbocycles. The van der Waals surface area contributed by atoms with Gasteiger partial charge >= 0.3 is 0 Å². The molecule has 0 unspecified atom stereocenters. The van der Waals surface area contributed by atoms with Gasteiger partial charge in [0.1, 0.15) is 11.3 Å². The lowest BCUT2D eigenvalue weighted by molar-refractivity contribution is -0.143. The van der Waals surface area contributed by atoms with Crippen molar-refractivity contribution in [1.82, 2.24) is 9.62 Å². The Bertz CT molecular complexity index is 1600. The molecule has 3 aromatic rings. The maximum atomic E-state index is 14.7. The second kappa shape index (κ2) is 11.3. The summed E-state index contributed by atoms with van der Waals surface area (Å²) in [6, 6.07) is 20.0. The molecule has 2 aliphatic heterocycles. The summed E-state index contributed by atoms with van der Waals surface area (Å²) in [6.07, 6.45) is 1.56. The van der Waals surface area contributed by atoms with Gasteiger partial charge < -0.3 is 14.5 Å². The van der Waals surface area contributed by atoms with Gasteiger partial charge in [-0.15, -0.1) is 0 Å². The Morgan fingerprint density at radius 2 is 1.58 bits per heavy atom. The summed E-state index contributed by atoms with van der Waals surface area (Å²) >= 11 is 0. The molecule has 226 valence electrons. The lowest BCUT2D eigenvalue weighted by atomic mass is 9.88. The van der Waals surface area contributed by atoms with E-state index in [0.29, 0.717) is 31.5 Å². The van der Waals surface area contributed by atoms with Crippen LogP contribution in [0.25, 0.3) is 0 Å². The lowest BCUT2D eigenvalue weighted by Gasteiger charge is -2.36. The number of likely N-dealkylation sites (tertiary alicyclic amines) is 1. The highest BCUT2D eigenvalue weighted by molar-refractivity contribution is 7.90. The number of anilines is 1. The van der Waals surface area contributed by atoms with Gasteiger partial charge in [-0.05, 0) is 37.3 Å². The van der Waals surface area contributed by atoms with Crippen LogP contribution in [0.5, 0.6) is 5.75 Å². The largest absolute Gasteiger partial charge is 0.491 e. The Kier molecular flexibility index (Phi) is 7.62. The van der Waals surface area contributed by atoms with E-state index in [-0.39, 0.29) is 31.2 Å². The van der Waals surface area contributed by atoms with Crippen LogP contribution in [0.4, 0.5) is 14.5 Å². The van der Waals surface area contributed by atoms with Crippen molar-refractivity contribution in [2.24, 2.45) is 0 Å². The molecule has 11 heteroatoms. The van der Waals surface area contributed by atoms with Crippen molar-refractivity contribution in [3.05, 3.63) is 95.6 Å². The minimum atomic E-state index is -3.91. The fraction of sp³-hybridized carbons (Fsp3) is 0.375. The van der Waals surface area contributed by atoms with E-state index in [1.165, 1.54) is 4.90 Å². The minimum Gasteiger partial charge on any atom is -0.491 e. The number of nitrogens with one attached hydrogen (secondary N) is 1. The molecule has 1 saturated carbocycles. The van der Waals surface area contributed by atoms with Gasteiger partial charge in [-0.1, -0.05) is 60.7 Å². The number of halogens is 2. The molecule has 43 heavy (non-hydrogen) atoms. The Morgan fingerprint density at radius 3 is 2.19 bits per heavy atom. The van der Waals surface area contributed by atoms with Crippen LogP contribution in [0.2, 0.25) is 0 Å². The molecule has 2 fully saturated rings. The maximum absolute atomic E-state index is 14.7. The van der Waals surface area contributed by atoms with Gasteiger partial charge in [0.25, 0.3) is 5.91 Å². The third-order valence-electron chi connectivity index (χ3n) is 8.64. The molecule has 8 nitrogen and oxygen atoms in total. The smallest absolute Gasteiger partial charge is 0.259 e. The Morgan fingerprint density at radius 1 is 0.977 bits per heavy atom. The fourth-order valence-electron chi connectivity index (χ4n) is 6.20. The number of rotatable bonds is 7. The number of sulfonamides is 1. The van der Waals surface area contributed by atoms with Crippen LogP contribution in [0, 0.1) is 11.6 Å². The zero-order valence-electron chi connectivity index (χ0n) is 23.7. The SMILES string of the molecule is C[C@@]1(C(=O)NS(=O)(=O)C2CC2)C[C@H](N2CCCOc3cc(F)c(F)cc32)CN1C(=O)C(c1ccccc1)c1ccccc1.